The van der Waals surface area contributed by atoms with Gasteiger partial charge in [0.1, 0.15) is 0 Å². The van der Waals surface area contributed by atoms with Gasteiger partial charge in [-0.15, -0.1) is 0 Å². The second kappa shape index (κ2) is 8.46. The van der Waals surface area contributed by atoms with Gasteiger partial charge < -0.3 is 10.1 Å². The molecule has 2 unspecified atom stereocenters. The Labute approximate surface area is 119 Å². The van der Waals surface area contributed by atoms with Crippen LogP contribution in [0.15, 0.2) is 18.2 Å². The lowest BCUT2D eigenvalue weighted by Crippen LogP contribution is -2.24. The van der Waals surface area contributed by atoms with E-state index >= 15 is 0 Å². The predicted octanol–water partition coefficient (Wildman–Crippen LogP) is 2.35. The SMILES string of the molecule is CNC(CS(=O)CCCOC)c1cc(C)cc(C)c1. The minimum absolute atomic E-state index is 0.155. The molecule has 0 bridgehead atoms. The lowest BCUT2D eigenvalue weighted by molar-refractivity contribution is 0.200. The van der Waals surface area contributed by atoms with Crippen LogP contribution >= 0.6 is 0 Å². The highest BCUT2D eigenvalue weighted by Gasteiger charge is 2.13. The maximum atomic E-state index is 12.0. The molecular weight excluding hydrogens is 258 g/mol. The molecule has 0 amide bonds. The van der Waals surface area contributed by atoms with Gasteiger partial charge in [0, 0.05) is 42.1 Å². The van der Waals surface area contributed by atoms with Crippen LogP contribution in [0.2, 0.25) is 0 Å². The first kappa shape index (κ1) is 16.3. The largest absolute Gasteiger partial charge is 0.385 e. The van der Waals surface area contributed by atoms with Crippen molar-refractivity contribution in [1.29, 1.82) is 0 Å². The first-order valence-corrected chi connectivity index (χ1v) is 8.15. The van der Waals surface area contributed by atoms with Gasteiger partial charge in [-0.2, -0.15) is 0 Å². The zero-order valence-electron chi connectivity index (χ0n) is 12.4. The Hall–Kier alpha value is -0.710. The van der Waals surface area contributed by atoms with Crippen molar-refractivity contribution in [3.05, 3.63) is 34.9 Å². The molecule has 0 aliphatic rings. The standard InChI is InChI=1S/C15H25NO2S/c1-12-8-13(2)10-14(9-12)15(16-3)11-19(17)7-5-6-18-4/h8-10,15-16H,5-7,11H2,1-4H3. The number of ether oxygens (including phenoxy) is 1. The average molecular weight is 283 g/mol. The summed E-state index contributed by atoms with van der Waals surface area (Å²) in [6.45, 7) is 4.87. The molecule has 1 aromatic rings. The highest BCUT2D eigenvalue weighted by Crippen LogP contribution is 2.18. The van der Waals surface area contributed by atoms with Crippen molar-refractivity contribution in [2.45, 2.75) is 26.3 Å². The second-order valence-corrected chi connectivity index (χ2v) is 6.54. The Balaban J connectivity index is 2.64. The van der Waals surface area contributed by atoms with Gasteiger partial charge in [-0.1, -0.05) is 29.3 Å². The molecule has 0 aromatic heterocycles. The lowest BCUT2D eigenvalue weighted by Gasteiger charge is -2.17. The van der Waals surface area contributed by atoms with Crippen molar-refractivity contribution in [2.24, 2.45) is 0 Å². The molecule has 1 aromatic carbocycles. The summed E-state index contributed by atoms with van der Waals surface area (Å²) in [6.07, 6.45) is 0.854. The molecule has 19 heavy (non-hydrogen) atoms. The maximum Gasteiger partial charge on any atom is 0.0471 e. The van der Waals surface area contributed by atoms with Crippen molar-refractivity contribution >= 4 is 10.8 Å². The molecule has 108 valence electrons. The van der Waals surface area contributed by atoms with Crippen LogP contribution in [0.4, 0.5) is 0 Å². The second-order valence-electron chi connectivity index (χ2n) is 4.92. The number of hydrogen-bond acceptors (Lipinski definition) is 3. The van der Waals surface area contributed by atoms with E-state index in [1.54, 1.807) is 7.11 Å². The summed E-state index contributed by atoms with van der Waals surface area (Å²) in [5.74, 6) is 1.36. The third-order valence-corrected chi connectivity index (χ3v) is 4.52. The normalized spacial score (nSPS) is 14.3. The number of methoxy groups -OCH3 is 1. The first-order valence-electron chi connectivity index (χ1n) is 6.66. The van der Waals surface area contributed by atoms with Gasteiger partial charge in [-0.3, -0.25) is 4.21 Å². The molecule has 0 spiro atoms. The number of hydrogen-bond donors (Lipinski definition) is 1. The molecule has 2 atom stereocenters. The lowest BCUT2D eigenvalue weighted by atomic mass is 10.0. The zero-order chi connectivity index (χ0) is 14.3. The van der Waals surface area contributed by atoms with E-state index in [1.165, 1.54) is 16.7 Å². The topological polar surface area (TPSA) is 38.3 Å². The van der Waals surface area contributed by atoms with Crippen molar-refractivity contribution in [3.8, 4) is 0 Å². The highest BCUT2D eigenvalue weighted by molar-refractivity contribution is 7.85. The summed E-state index contributed by atoms with van der Waals surface area (Å²) in [6, 6.07) is 6.65. The number of rotatable bonds is 8. The molecule has 0 saturated carbocycles. The van der Waals surface area contributed by atoms with Crippen molar-refractivity contribution in [2.75, 3.05) is 32.3 Å². The number of benzene rings is 1. The molecule has 1 rings (SSSR count). The van der Waals surface area contributed by atoms with Gasteiger partial charge in [0.05, 0.1) is 0 Å². The molecule has 3 nitrogen and oxygen atoms in total. The average Bonchev–Trinajstić information content (AvgIpc) is 2.35. The van der Waals surface area contributed by atoms with Crippen molar-refractivity contribution in [1.82, 2.24) is 5.32 Å². The van der Waals surface area contributed by atoms with E-state index < -0.39 is 10.8 Å². The fourth-order valence-electron chi connectivity index (χ4n) is 2.19. The van der Waals surface area contributed by atoms with Crippen LogP contribution < -0.4 is 5.32 Å². The van der Waals surface area contributed by atoms with E-state index in [1.807, 2.05) is 7.05 Å². The Morgan fingerprint density at radius 3 is 2.42 bits per heavy atom. The van der Waals surface area contributed by atoms with E-state index in [9.17, 15) is 4.21 Å². The van der Waals surface area contributed by atoms with Crippen LogP contribution in [-0.4, -0.2) is 36.5 Å². The van der Waals surface area contributed by atoms with Crippen LogP contribution in [0, 0.1) is 13.8 Å². The van der Waals surface area contributed by atoms with Crippen LogP contribution in [0.5, 0.6) is 0 Å². The third-order valence-electron chi connectivity index (χ3n) is 3.07. The number of aryl methyl sites for hydroxylation is 2. The van der Waals surface area contributed by atoms with Gasteiger partial charge in [0.15, 0.2) is 0 Å². The van der Waals surface area contributed by atoms with Gasteiger partial charge in [0.25, 0.3) is 0 Å². The van der Waals surface area contributed by atoms with E-state index in [2.05, 4.69) is 37.4 Å². The molecular formula is C15H25NO2S. The fourth-order valence-corrected chi connectivity index (χ4v) is 3.53. The molecule has 0 saturated heterocycles. The van der Waals surface area contributed by atoms with Gasteiger partial charge in [-0.05, 0) is 32.9 Å². The predicted molar refractivity (Wildman–Crippen MR) is 82.1 cm³/mol. The van der Waals surface area contributed by atoms with Crippen LogP contribution in [-0.2, 0) is 15.5 Å². The van der Waals surface area contributed by atoms with Gasteiger partial charge >= 0.3 is 0 Å². The Bertz CT molecular complexity index is 400. The molecule has 0 aliphatic heterocycles. The van der Waals surface area contributed by atoms with Crippen LogP contribution in [0.3, 0.4) is 0 Å². The van der Waals surface area contributed by atoms with E-state index in [4.69, 9.17) is 4.74 Å². The smallest absolute Gasteiger partial charge is 0.0471 e. The zero-order valence-corrected chi connectivity index (χ0v) is 13.2. The van der Waals surface area contributed by atoms with Gasteiger partial charge in [0.2, 0.25) is 0 Å². The molecule has 4 heteroatoms. The highest BCUT2D eigenvalue weighted by atomic mass is 32.2. The summed E-state index contributed by atoms with van der Waals surface area (Å²) in [4.78, 5) is 0. The summed E-state index contributed by atoms with van der Waals surface area (Å²) in [5, 5.41) is 3.27. The summed E-state index contributed by atoms with van der Waals surface area (Å²) in [7, 11) is 2.79. The molecule has 0 aliphatic carbocycles. The third kappa shape index (κ3) is 5.85. The summed E-state index contributed by atoms with van der Waals surface area (Å²) >= 11 is 0. The minimum atomic E-state index is -0.808. The van der Waals surface area contributed by atoms with Crippen LogP contribution in [0.1, 0.15) is 29.2 Å². The summed E-state index contributed by atoms with van der Waals surface area (Å²) < 4.78 is 17.0. The van der Waals surface area contributed by atoms with Crippen molar-refractivity contribution < 1.29 is 8.95 Å². The Morgan fingerprint density at radius 1 is 1.26 bits per heavy atom. The first-order chi connectivity index (χ1) is 9.06. The molecule has 0 fully saturated rings. The monoisotopic (exact) mass is 283 g/mol. The molecule has 0 radical (unpaired) electrons. The van der Waals surface area contributed by atoms with E-state index in [0.717, 1.165) is 6.42 Å². The van der Waals surface area contributed by atoms with Gasteiger partial charge in [-0.25, -0.2) is 0 Å². The molecule has 0 heterocycles. The van der Waals surface area contributed by atoms with Crippen LogP contribution in [0.25, 0.3) is 0 Å². The number of nitrogens with one attached hydrogen (secondary N) is 1. The minimum Gasteiger partial charge on any atom is -0.385 e. The van der Waals surface area contributed by atoms with E-state index in [-0.39, 0.29) is 6.04 Å². The quantitative estimate of drug-likeness (QED) is 0.744. The van der Waals surface area contributed by atoms with Crippen molar-refractivity contribution in [3.63, 3.8) is 0 Å². The molecule has 1 N–H and O–H groups in total. The summed E-state index contributed by atoms with van der Waals surface area (Å²) in [5.41, 5.74) is 3.72. The fraction of sp³-hybridized carbons (Fsp3) is 0.600. The Kier molecular flexibility index (Phi) is 7.28. The Morgan fingerprint density at radius 2 is 1.89 bits per heavy atom. The van der Waals surface area contributed by atoms with E-state index in [0.29, 0.717) is 18.1 Å². The maximum absolute atomic E-state index is 12.0.